The molecule has 1 fully saturated rings. The number of likely N-dealkylation sites (N-methyl/N-ethyl adjacent to an activating group) is 1. The summed E-state index contributed by atoms with van der Waals surface area (Å²) in [4.78, 5) is 24.4. The van der Waals surface area contributed by atoms with E-state index in [9.17, 15) is 14.7 Å². The number of amides is 1. The Balaban J connectivity index is 2.82. The van der Waals surface area contributed by atoms with E-state index >= 15 is 0 Å². The van der Waals surface area contributed by atoms with Crippen LogP contribution in [-0.2, 0) is 9.59 Å². The van der Waals surface area contributed by atoms with Crippen molar-refractivity contribution in [3.05, 3.63) is 0 Å². The molecule has 0 spiro atoms. The molecule has 1 atom stereocenters. The van der Waals surface area contributed by atoms with Crippen molar-refractivity contribution >= 4 is 11.9 Å². The first-order valence-corrected chi connectivity index (χ1v) is 6.58. The number of hydrogen-bond donors (Lipinski definition) is 1. The monoisotopic (exact) mass is 241 g/mol. The Kier molecular flexibility index (Phi) is 5.45. The molecule has 0 aliphatic heterocycles. The molecule has 1 aliphatic carbocycles. The molecule has 0 aromatic rings. The fourth-order valence-corrected chi connectivity index (χ4v) is 2.83. The van der Waals surface area contributed by atoms with Crippen LogP contribution in [-0.4, -0.2) is 34.5 Å². The summed E-state index contributed by atoms with van der Waals surface area (Å²) in [6, 6.07) is -0.629. The van der Waals surface area contributed by atoms with Crippen molar-refractivity contribution in [1.29, 1.82) is 0 Å². The number of carbonyl (C=O) groups is 2. The van der Waals surface area contributed by atoms with Crippen LogP contribution in [0.25, 0.3) is 0 Å². The fourth-order valence-electron chi connectivity index (χ4n) is 2.83. The molecule has 1 amide bonds. The van der Waals surface area contributed by atoms with Crippen LogP contribution in [0.1, 0.15) is 52.4 Å². The first-order valence-electron chi connectivity index (χ1n) is 6.58. The Morgan fingerprint density at radius 3 is 2.12 bits per heavy atom. The minimum atomic E-state index is -0.853. The molecule has 1 rings (SSSR count). The Hall–Kier alpha value is -1.06. The highest BCUT2D eigenvalue weighted by molar-refractivity contribution is 5.82. The summed E-state index contributed by atoms with van der Waals surface area (Å²) >= 11 is 0. The third-order valence-electron chi connectivity index (χ3n) is 3.68. The lowest BCUT2D eigenvalue weighted by molar-refractivity contribution is -0.152. The lowest BCUT2D eigenvalue weighted by atomic mass is 9.90. The Labute approximate surface area is 103 Å². The van der Waals surface area contributed by atoms with Gasteiger partial charge in [-0.2, -0.15) is 0 Å². The summed E-state index contributed by atoms with van der Waals surface area (Å²) < 4.78 is 0. The van der Waals surface area contributed by atoms with Crippen molar-refractivity contribution in [3.8, 4) is 0 Å². The third-order valence-corrected chi connectivity index (χ3v) is 3.68. The van der Waals surface area contributed by atoms with Crippen molar-refractivity contribution in [3.63, 3.8) is 0 Å². The van der Waals surface area contributed by atoms with E-state index in [-0.39, 0.29) is 11.8 Å². The number of rotatable bonds is 4. The number of carboxylic acids is 1. The third kappa shape index (κ3) is 3.72. The van der Waals surface area contributed by atoms with Crippen LogP contribution in [0.4, 0.5) is 0 Å². The smallest absolute Gasteiger partial charge is 0.326 e. The molecule has 1 saturated carbocycles. The van der Waals surface area contributed by atoms with Gasteiger partial charge in [0, 0.05) is 13.5 Å². The van der Waals surface area contributed by atoms with Crippen molar-refractivity contribution in [2.75, 3.05) is 6.54 Å². The van der Waals surface area contributed by atoms with Gasteiger partial charge < -0.3 is 10.0 Å². The normalized spacial score (nSPS) is 19.4. The van der Waals surface area contributed by atoms with E-state index in [0.29, 0.717) is 6.54 Å². The first kappa shape index (κ1) is 14.0. The van der Waals surface area contributed by atoms with E-state index in [1.165, 1.54) is 24.7 Å². The van der Waals surface area contributed by atoms with Crippen molar-refractivity contribution in [2.45, 2.75) is 58.4 Å². The Morgan fingerprint density at radius 1 is 1.24 bits per heavy atom. The topological polar surface area (TPSA) is 57.6 Å². The van der Waals surface area contributed by atoms with Crippen LogP contribution in [0.2, 0.25) is 0 Å². The zero-order valence-electron chi connectivity index (χ0n) is 10.8. The van der Waals surface area contributed by atoms with Gasteiger partial charge >= 0.3 is 5.97 Å². The number of carboxylic acid groups (broad SMARTS) is 1. The maximum atomic E-state index is 11.5. The van der Waals surface area contributed by atoms with Gasteiger partial charge in [-0.3, -0.25) is 4.79 Å². The average molecular weight is 241 g/mol. The molecular formula is C13H23NO3. The van der Waals surface area contributed by atoms with Crippen LogP contribution < -0.4 is 0 Å². The van der Waals surface area contributed by atoms with E-state index in [2.05, 4.69) is 0 Å². The van der Waals surface area contributed by atoms with Crippen LogP contribution in [0.5, 0.6) is 0 Å². The van der Waals surface area contributed by atoms with E-state index < -0.39 is 12.0 Å². The minimum Gasteiger partial charge on any atom is -0.480 e. The molecule has 1 unspecified atom stereocenters. The van der Waals surface area contributed by atoms with Gasteiger partial charge in [0.2, 0.25) is 5.91 Å². The van der Waals surface area contributed by atoms with Gasteiger partial charge in [-0.25, -0.2) is 4.79 Å². The average Bonchev–Trinajstić information content (AvgIpc) is 2.52. The Morgan fingerprint density at radius 2 is 1.76 bits per heavy atom. The molecule has 0 aromatic carbocycles. The number of hydrogen-bond acceptors (Lipinski definition) is 2. The van der Waals surface area contributed by atoms with Crippen LogP contribution >= 0.6 is 0 Å². The predicted molar refractivity (Wildman–Crippen MR) is 65.7 cm³/mol. The SMILES string of the molecule is CCN(C(C)=O)C(C(=O)O)C1CCCCCC1. The van der Waals surface area contributed by atoms with Gasteiger partial charge in [0.25, 0.3) is 0 Å². The molecular weight excluding hydrogens is 218 g/mol. The maximum absolute atomic E-state index is 11.5. The fraction of sp³-hybridized carbons (Fsp3) is 0.846. The van der Waals surface area contributed by atoms with Crippen molar-refractivity contribution in [2.24, 2.45) is 5.92 Å². The summed E-state index contributed by atoms with van der Waals surface area (Å²) in [6.45, 7) is 3.77. The summed E-state index contributed by atoms with van der Waals surface area (Å²) in [7, 11) is 0. The second-order valence-corrected chi connectivity index (χ2v) is 4.84. The van der Waals surface area contributed by atoms with E-state index in [1.807, 2.05) is 6.92 Å². The van der Waals surface area contributed by atoms with Gasteiger partial charge in [0.05, 0.1) is 0 Å². The molecule has 98 valence electrons. The molecule has 0 heterocycles. The molecule has 4 nitrogen and oxygen atoms in total. The van der Waals surface area contributed by atoms with Gasteiger partial charge in [-0.05, 0) is 25.7 Å². The van der Waals surface area contributed by atoms with E-state index in [0.717, 1.165) is 25.7 Å². The predicted octanol–water partition coefficient (Wildman–Crippen LogP) is 2.28. The van der Waals surface area contributed by atoms with Gasteiger partial charge in [-0.15, -0.1) is 0 Å². The second-order valence-electron chi connectivity index (χ2n) is 4.84. The second kappa shape index (κ2) is 6.62. The lowest BCUT2D eigenvalue weighted by Gasteiger charge is -2.32. The van der Waals surface area contributed by atoms with Crippen LogP contribution in [0.15, 0.2) is 0 Å². The zero-order chi connectivity index (χ0) is 12.8. The lowest BCUT2D eigenvalue weighted by Crippen LogP contribution is -2.48. The molecule has 4 heteroatoms. The minimum absolute atomic E-state index is 0.124. The highest BCUT2D eigenvalue weighted by Gasteiger charge is 2.34. The highest BCUT2D eigenvalue weighted by Crippen LogP contribution is 2.28. The number of nitrogens with zero attached hydrogens (tertiary/aromatic N) is 1. The molecule has 1 aliphatic rings. The zero-order valence-corrected chi connectivity index (χ0v) is 10.8. The maximum Gasteiger partial charge on any atom is 0.326 e. The largest absolute Gasteiger partial charge is 0.480 e. The quantitative estimate of drug-likeness (QED) is 0.768. The first-order chi connectivity index (χ1) is 8.07. The molecule has 0 aromatic heterocycles. The van der Waals surface area contributed by atoms with Gasteiger partial charge in [0.1, 0.15) is 6.04 Å². The summed E-state index contributed by atoms with van der Waals surface area (Å²) in [5.41, 5.74) is 0. The van der Waals surface area contributed by atoms with Gasteiger partial charge in [0.15, 0.2) is 0 Å². The standard InChI is InChI=1S/C13H23NO3/c1-3-14(10(2)15)12(13(16)17)11-8-6-4-5-7-9-11/h11-12H,3-9H2,1-2H3,(H,16,17). The van der Waals surface area contributed by atoms with Crippen LogP contribution in [0.3, 0.4) is 0 Å². The summed E-state index contributed by atoms with van der Waals surface area (Å²) in [6.07, 6.45) is 6.42. The van der Waals surface area contributed by atoms with E-state index in [4.69, 9.17) is 0 Å². The van der Waals surface area contributed by atoms with Crippen molar-refractivity contribution < 1.29 is 14.7 Å². The molecule has 0 saturated heterocycles. The Bertz CT molecular complexity index is 270. The molecule has 17 heavy (non-hydrogen) atoms. The van der Waals surface area contributed by atoms with Gasteiger partial charge in [-0.1, -0.05) is 25.7 Å². The summed E-state index contributed by atoms with van der Waals surface area (Å²) in [5.74, 6) is -0.864. The van der Waals surface area contributed by atoms with E-state index in [1.54, 1.807) is 0 Å². The molecule has 0 bridgehead atoms. The molecule has 1 N–H and O–H groups in total. The summed E-state index contributed by atoms with van der Waals surface area (Å²) in [5, 5.41) is 9.37. The number of aliphatic carboxylic acids is 1. The molecule has 0 radical (unpaired) electrons. The highest BCUT2D eigenvalue weighted by atomic mass is 16.4. The van der Waals surface area contributed by atoms with Crippen LogP contribution in [0, 0.1) is 5.92 Å². The number of carbonyl (C=O) groups excluding carboxylic acids is 1. The van der Waals surface area contributed by atoms with Crippen molar-refractivity contribution in [1.82, 2.24) is 4.90 Å².